The number of aromatic nitrogens is 2. The summed E-state index contributed by atoms with van der Waals surface area (Å²) in [4.78, 5) is 12.5. The Labute approximate surface area is 142 Å². The maximum absolute atomic E-state index is 12.8. The molecule has 0 atom stereocenters. The van der Waals surface area contributed by atoms with Gasteiger partial charge >= 0.3 is 6.01 Å². The van der Waals surface area contributed by atoms with Crippen LogP contribution in [0.15, 0.2) is 44.6 Å². The van der Waals surface area contributed by atoms with Gasteiger partial charge in [-0.3, -0.25) is 10.1 Å². The number of hydrogen-bond acceptors (Lipinski definition) is 6. The fourth-order valence-corrected chi connectivity index (χ4v) is 2.94. The van der Waals surface area contributed by atoms with Crippen LogP contribution in [0.25, 0.3) is 10.8 Å². The Kier molecular flexibility index (Phi) is 4.68. The van der Waals surface area contributed by atoms with Crippen LogP contribution in [0.4, 0.5) is 10.4 Å². The molecule has 23 heavy (non-hydrogen) atoms. The summed E-state index contributed by atoms with van der Waals surface area (Å²) < 4.78 is 24.3. The molecule has 0 unspecified atom stereocenters. The topological polar surface area (TPSA) is 77.2 Å². The highest BCUT2D eigenvalue weighted by molar-refractivity contribution is 9.11. The summed E-state index contributed by atoms with van der Waals surface area (Å²) in [6.45, 7) is -0.256. The zero-order chi connectivity index (χ0) is 16.2. The largest absolute Gasteiger partial charge is 0.484 e. The van der Waals surface area contributed by atoms with Crippen molar-refractivity contribution in [3.05, 3.63) is 46.0 Å². The van der Waals surface area contributed by atoms with Gasteiger partial charge in [-0.25, -0.2) is 4.39 Å². The Morgan fingerprint density at radius 1 is 1.26 bits per heavy atom. The molecule has 6 nitrogen and oxygen atoms in total. The maximum Gasteiger partial charge on any atom is 0.322 e. The van der Waals surface area contributed by atoms with Crippen molar-refractivity contribution in [2.45, 2.75) is 0 Å². The first-order valence-electron chi connectivity index (χ1n) is 6.37. The molecule has 1 amide bonds. The van der Waals surface area contributed by atoms with Gasteiger partial charge in [0.05, 0.1) is 8.66 Å². The van der Waals surface area contributed by atoms with Gasteiger partial charge in [0.2, 0.25) is 0 Å². The Morgan fingerprint density at radius 2 is 2.04 bits per heavy atom. The standard InChI is InChI=1S/C14H9BrFN3O3S/c15-11-6-5-10(23-11)13-18-19-14(22-13)17-12(20)7-21-9-3-1-8(16)2-4-9/h1-6H,7H2,(H,17,19,20). The first kappa shape index (κ1) is 15.6. The van der Waals surface area contributed by atoms with E-state index in [4.69, 9.17) is 9.15 Å². The third kappa shape index (κ3) is 4.14. The molecule has 2 heterocycles. The SMILES string of the molecule is O=C(COc1ccc(F)cc1)Nc1nnc(-c2ccc(Br)s2)o1. The number of anilines is 1. The first-order chi connectivity index (χ1) is 11.1. The molecule has 0 spiro atoms. The van der Waals surface area contributed by atoms with E-state index in [1.807, 2.05) is 12.1 Å². The molecule has 0 radical (unpaired) electrons. The number of benzene rings is 1. The molecule has 0 bridgehead atoms. The molecule has 9 heteroatoms. The van der Waals surface area contributed by atoms with E-state index < -0.39 is 5.91 Å². The predicted octanol–water partition coefficient (Wildman–Crippen LogP) is 3.72. The quantitative estimate of drug-likeness (QED) is 0.709. The van der Waals surface area contributed by atoms with Crippen molar-refractivity contribution in [1.82, 2.24) is 10.2 Å². The highest BCUT2D eigenvalue weighted by Crippen LogP contribution is 2.30. The van der Waals surface area contributed by atoms with Crippen LogP contribution < -0.4 is 10.1 Å². The van der Waals surface area contributed by atoms with Crippen LogP contribution in [0.1, 0.15) is 0 Å². The predicted molar refractivity (Wildman–Crippen MR) is 85.8 cm³/mol. The van der Waals surface area contributed by atoms with Crippen molar-refractivity contribution in [1.29, 1.82) is 0 Å². The van der Waals surface area contributed by atoms with Crippen LogP contribution >= 0.6 is 27.3 Å². The molecule has 3 aromatic rings. The average molecular weight is 398 g/mol. The van der Waals surface area contributed by atoms with Crippen molar-refractivity contribution in [3.8, 4) is 16.5 Å². The molecule has 2 aromatic heterocycles. The second-order valence-corrected chi connectivity index (χ2v) is 6.77. The highest BCUT2D eigenvalue weighted by Gasteiger charge is 2.13. The van der Waals surface area contributed by atoms with Crippen molar-refractivity contribution in [2.24, 2.45) is 0 Å². The number of carbonyl (C=O) groups is 1. The lowest BCUT2D eigenvalue weighted by Crippen LogP contribution is -2.20. The van der Waals surface area contributed by atoms with E-state index in [2.05, 4.69) is 31.4 Å². The van der Waals surface area contributed by atoms with Gasteiger partial charge in [0.15, 0.2) is 6.61 Å². The third-order valence-corrected chi connectivity index (χ3v) is 4.25. The average Bonchev–Trinajstić information content (AvgIpc) is 3.16. The summed E-state index contributed by atoms with van der Waals surface area (Å²) >= 11 is 4.78. The minimum atomic E-state index is -0.461. The molecule has 118 valence electrons. The summed E-state index contributed by atoms with van der Waals surface area (Å²) in [6.07, 6.45) is 0. The van der Waals surface area contributed by atoms with E-state index in [0.717, 1.165) is 8.66 Å². The summed E-state index contributed by atoms with van der Waals surface area (Å²) in [6, 6.07) is 9.03. The van der Waals surface area contributed by atoms with Gasteiger partial charge in [0.25, 0.3) is 11.8 Å². The van der Waals surface area contributed by atoms with E-state index >= 15 is 0 Å². The van der Waals surface area contributed by atoms with E-state index in [0.29, 0.717) is 11.6 Å². The number of nitrogens with one attached hydrogen (secondary N) is 1. The fourth-order valence-electron chi connectivity index (χ4n) is 1.64. The van der Waals surface area contributed by atoms with Gasteiger partial charge in [-0.15, -0.1) is 16.4 Å². The van der Waals surface area contributed by atoms with Crippen LogP contribution in [0.2, 0.25) is 0 Å². The molecule has 0 aliphatic carbocycles. The summed E-state index contributed by atoms with van der Waals surface area (Å²) in [5, 5.41) is 10.0. The molecule has 1 N–H and O–H groups in total. The van der Waals surface area contributed by atoms with Crippen molar-refractivity contribution >= 4 is 39.2 Å². The Hall–Kier alpha value is -2.26. The monoisotopic (exact) mass is 397 g/mol. The second kappa shape index (κ2) is 6.88. The van der Waals surface area contributed by atoms with Gasteiger partial charge in [0.1, 0.15) is 11.6 Å². The molecule has 0 saturated heterocycles. The van der Waals surface area contributed by atoms with Gasteiger partial charge in [0, 0.05) is 0 Å². The van der Waals surface area contributed by atoms with Crippen LogP contribution in [0.3, 0.4) is 0 Å². The number of carbonyl (C=O) groups excluding carboxylic acids is 1. The first-order valence-corrected chi connectivity index (χ1v) is 7.98. The second-order valence-electron chi connectivity index (χ2n) is 4.31. The normalized spacial score (nSPS) is 10.5. The Morgan fingerprint density at radius 3 is 2.74 bits per heavy atom. The summed E-state index contributed by atoms with van der Waals surface area (Å²) in [7, 11) is 0. The number of halogens is 2. The van der Waals surface area contributed by atoms with E-state index in [9.17, 15) is 9.18 Å². The zero-order valence-corrected chi connectivity index (χ0v) is 13.9. The van der Waals surface area contributed by atoms with Gasteiger partial charge < -0.3 is 9.15 Å². The Balaban J connectivity index is 1.56. The smallest absolute Gasteiger partial charge is 0.322 e. The summed E-state index contributed by atoms with van der Waals surface area (Å²) in [5.41, 5.74) is 0. The number of rotatable bonds is 5. The van der Waals surface area contributed by atoms with E-state index in [-0.39, 0.29) is 18.4 Å². The van der Waals surface area contributed by atoms with Crippen molar-refractivity contribution in [3.63, 3.8) is 0 Å². The van der Waals surface area contributed by atoms with Gasteiger partial charge in [-0.2, -0.15) is 0 Å². The minimum absolute atomic E-state index is 0.0165. The highest BCUT2D eigenvalue weighted by atomic mass is 79.9. The molecule has 1 aromatic carbocycles. The van der Waals surface area contributed by atoms with Crippen LogP contribution in [-0.2, 0) is 4.79 Å². The lowest BCUT2D eigenvalue weighted by molar-refractivity contribution is -0.118. The minimum Gasteiger partial charge on any atom is -0.484 e. The fraction of sp³-hybridized carbons (Fsp3) is 0.0714. The van der Waals surface area contributed by atoms with Crippen LogP contribution in [0, 0.1) is 5.82 Å². The molecular formula is C14H9BrFN3O3S. The number of thiophene rings is 1. The van der Waals surface area contributed by atoms with E-state index in [1.54, 1.807) is 0 Å². The summed E-state index contributed by atoms with van der Waals surface area (Å²) in [5.74, 6) is -0.135. The molecular weight excluding hydrogens is 389 g/mol. The molecule has 0 aliphatic rings. The lowest BCUT2D eigenvalue weighted by atomic mass is 10.3. The van der Waals surface area contributed by atoms with Gasteiger partial charge in [-0.05, 0) is 52.3 Å². The number of ether oxygens (including phenoxy) is 1. The van der Waals surface area contributed by atoms with Gasteiger partial charge in [-0.1, -0.05) is 5.10 Å². The number of hydrogen-bond donors (Lipinski definition) is 1. The third-order valence-electron chi connectivity index (χ3n) is 2.64. The Bertz CT molecular complexity index is 819. The molecule has 0 aliphatic heterocycles. The van der Waals surface area contributed by atoms with Crippen molar-refractivity contribution < 1.29 is 18.3 Å². The van der Waals surface area contributed by atoms with Crippen LogP contribution in [0.5, 0.6) is 5.75 Å². The van der Waals surface area contributed by atoms with E-state index in [1.165, 1.54) is 35.6 Å². The molecule has 0 fully saturated rings. The van der Waals surface area contributed by atoms with Crippen LogP contribution in [-0.4, -0.2) is 22.7 Å². The maximum atomic E-state index is 12.8. The number of amides is 1. The molecule has 0 saturated carbocycles. The van der Waals surface area contributed by atoms with Crippen molar-refractivity contribution in [2.75, 3.05) is 11.9 Å². The zero-order valence-electron chi connectivity index (χ0n) is 11.5. The number of nitrogens with zero attached hydrogens (tertiary/aromatic N) is 2. The molecule has 3 rings (SSSR count). The lowest BCUT2D eigenvalue weighted by Gasteiger charge is -2.04.